The fourth-order valence-corrected chi connectivity index (χ4v) is 2.77. The average Bonchev–Trinajstić information content (AvgIpc) is 2.97. The summed E-state index contributed by atoms with van der Waals surface area (Å²) in [5.41, 5.74) is 4.87. The van der Waals surface area contributed by atoms with E-state index in [2.05, 4.69) is 17.4 Å². The highest BCUT2D eigenvalue weighted by Gasteiger charge is 2.11. The minimum atomic E-state index is -0.00920. The molecule has 0 saturated heterocycles. The van der Waals surface area contributed by atoms with Crippen LogP contribution in [-0.2, 0) is 17.6 Å². The summed E-state index contributed by atoms with van der Waals surface area (Å²) in [6, 6.07) is 14.1. The maximum Gasteiger partial charge on any atom is 0.227 e. The van der Waals surface area contributed by atoms with Gasteiger partial charge < -0.3 is 10.1 Å². The number of carbonyl (C=O) groups excluding carboxylic acids is 1. The summed E-state index contributed by atoms with van der Waals surface area (Å²) < 4.78 is 5.58. The number of hydrogen-bond acceptors (Lipinski definition) is 2. The largest absolute Gasteiger partial charge is 0.493 e. The van der Waals surface area contributed by atoms with Crippen molar-refractivity contribution in [3.05, 3.63) is 59.2 Å². The molecular weight excluding hydrogens is 274 g/mol. The first-order valence-electron chi connectivity index (χ1n) is 7.82. The smallest absolute Gasteiger partial charge is 0.227 e. The first-order chi connectivity index (χ1) is 10.7. The molecule has 3 heteroatoms. The average molecular weight is 295 g/mol. The third-order valence-corrected chi connectivity index (χ3v) is 4.00. The van der Waals surface area contributed by atoms with Gasteiger partial charge in [-0.2, -0.15) is 0 Å². The van der Waals surface area contributed by atoms with Crippen LogP contribution < -0.4 is 10.1 Å². The number of benzene rings is 2. The molecule has 3 nitrogen and oxygen atoms in total. The number of fused-ring (bicyclic) bond motifs is 1. The second-order valence-corrected chi connectivity index (χ2v) is 5.80. The molecule has 0 aliphatic heterocycles. The Hall–Kier alpha value is -2.29. The van der Waals surface area contributed by atoms with Crippen LogP contribution in [0.15, 0.2) is 42.5 Å². The number of carbonyl (C=O) groups is 1. The summed E-state index contributed by atoms with van der Waals surface area (Å²) in [5, 5.41) is 2.95. The highest BCUT2D eigenvalue weighted by atomic mass is 16.5. The predicted octanol–water partition coefficient (Wildman–Crippen LogP) is 3.89. The molecule has 3 rings (SSSR count). The Labute approximate surface area is 131 Å². The minimum Gasteiger partial charge on any atom is -0.493 e. The standard InChI is InChI=1S/C19H21NO2/c1-14-5-9-18(10-6-14)22-12-11-19(21)20-17-8-7-15-3-2-4-16(15)13-17/h5-10,13H,2-4,11-12H2,1H3,(H,20,21). The van der Waals surface area contributed by atoms with Gasteiger partial charge in [-0.1, -0.05) is 23.8 Å². The van der Waals surface area contributed by atoms with Gasteiger partial charge >= 0.3 is 0 Å². The number of nitrogens with one attached hydrogen (secondary N) is 1. The van der Waals surface area contributed by atoms with Crippen molar-refractivity contribution >= 4 is 11.6 Å². The summed E-state index contributed by atoms with van der Waals surface area (Å²) in [5.74, 6) is 0.793. The van der Waals surface area contributed by atoms with E-state index < -0.39 is 0 Å². The normalized spacial score (nSPS) is 12.8. The maximum absolute atomic E-state index is 12.0. The number of ether oxygens (including phenoxy) is 1. The molecule has 2 aromatic rings. The van der Waals surface area contributed by atoms with E-state index >= 15 is 0 Å². The Kier molecular flexibility index (Phi) is 4.42. The van der Waals surface area contributed by atoms with Gasteiger partial charge in [0.05, 0.1) is 13.0 Å². The van der Waals surface area contributed by atoms with Crippen molar-refractivity contribution in [1.29, 1.82) is 0 Å². The Morgan fingerprint density at radius 3 is 2.68 bits per heavy atom. The Balaban J connectivity index is 1.47. The van der Waals surface area contributed by atoms with E-state index in [-0.39, 0.29) is 5.91 Å². The molecule has 0 aromatic heterocycles. The van der Waals surface area contributed by atoms with E-state index in [0.29, 0.717) is 13.0 Å². The zero-order valence-electron chi connectivity index (χ0n) is 12.9. The summed E-state index contributed by atoms with van der Waals surface area (Å²) in [6.07, 6.45) is 3.85. The highest BCUT2D eigenvalue weighted by molar-refractivity contribution is 5.90. The first-order valence-corrected chi connectivity index (χ1v) is 7.82. The van der Waals surface area contributed by atoms with Crippen LogP contribution in [0.1, 0.15) is 29.5 Å². The molecule has 114 valence electrons. The molecule has 2 aromatic carbocycles. The highest BCUT2D eigenvalue weighted by Crippen LogP contribution is 2.24. The summed E-state index contributed by atoms with van der Waals surface area (Å²) in [4.78, 5) is 12.0. The molecule has 0 atom stereocenters. The summed E-state index contributed by atoms with van der Waals surface area (Å²) in [6.45, 7) is 2.42. The van der Waals surface area contributed by atoms with Crippen LogP contribution in [-0.4, -0.2) is 12.5 Å². The number of anilines is 1. The van der Waals surface area contributed by atoms with E-state index in [1.807, 2.05) is 37.3 Å². The second-order valence-electron chi connectivity index (χ2n) is 5.80. The molecule has 22 heavy (non-hydrogen) atoms. The zero-order valence-corrected chi connectivity index (χ0v) is 12.9. The first kappa shape index (κ1) is 14.6. The van der Waals surface area contributed by atoms with Crippen LogP contribution in [0, 0.1) is 6.92 Å². The predicted molar refractivity (Wildman–Crippen MR) is 88.4 cm³/mol. The quantitative estimate of drug-likeness (QED) is 0.908. The molecule has 0 unspecified atom stereocenters. The van der Waals surface area contributed by atoms with Gasteiger partial charge in [0, 0.05) is 5.69 Å². The maximum atomic E-state index is 12.0. The fourth-order valence-electron chi connectivity index (χ4n) is 2.77. The van der Waals surface area contributed by atoms with Crippen LogP contribution in [0.2, 0.25) is 0 Å². The fraction of sp³-hybridized carbons (Fsp3) is 0.316. The van der Waals surface area contributed by atoms with Crippen LogP contribution in [0.5, 0.6) is 5.75 Å². The molecule has 0 radical (unpaired) electrons. The lowest BCUT2D eigenvalue weighted by Gasteiger charge is -2.09. The molecule has 0 spiro atoms. The van der Waals surface area contributed by atoms with E-state index in [1.54, 1.807) is 0 Å². The van der Waals surface area contributed by atoms with Gasteiger partial charge in [-0.3, -0.25) is 4.79 Å². The van der Waals surface area contributed by atoms with Gasteiger partial charge in [0.1, 0.15) is 5.75 Å². The van der Waals surface area contributed by atoms with Gasteiger partial charge in [-0.25, -0.2) is 0 Å². The van der Waals surface area contributed by atoms with Crippen LogP contribution in [0.4, 0.5) is 5.69 Å². The second kappa shape index (κ2) is 6.65. The van der Waals surface area contributed by atoms with Gasteiger partial charge in [0.15, 0.2) is 0 Å². The lowest BCUT2D eigenvalue weighted by atomic mass is 10.1. The van der Waals surface area contributed by atoms with Crippen LogP contribution >= 0.6 is 0 Å². The van der Waals surface area contributed by atoms with Crippen molar-refractivity contribution in [1.82, 2.24) is 0 Å². The lowest BCUT2D eigenvalue weighted by molar-refractivity contribution is -0.116. The molecule has 1 aliphatic carbocycles. The monoisotopic (exact) mass is 295 g/mol. The molecule has 0 heterocycles. The van der Waals surface area contributed by atoms with E-state index in [1.165, 1.54) is 23.1 Å². The lowest BCUT2D eigenvalue weighted by Crippen LogP contribution is -2.15. The van der Waals surface area contributed by atoms with E-state index in [0.717, 1.165) is 24.3 Å². The molecule has 0 saturated carbocycles. The van der Waals surface area contributed by atoms with Crippen LogP contribution in [0.25, 0.3) is 0 Å². The van der Waals surface area contributed by atoms with Gasteiger partial charge in [0.2, 0.25) is 5.91 Å². The number of hydrogen-bond donors (Lipinski definition) is 1. The Bertz CT molecular complexity index is 662. The van der Waals surface area contributed by atoms with Crippen molar-refractivity contribution in [3.63, 3.8) is 0 Å². The minimum absolute atomic E-state index is 0.00920. The Morgan fingerprint density at radius 1 is 1.09 bits per heavy atom. The molecule has 0 fully saturated rings. The number of rotatable bonds is 5. The number of aryl methyl sites for hydroxylation is 3. The van der Waals surface area contributed by atoms with Crippen molar-refractivity contribution in [2.45, 2.75) is 32.6 Å². The number of amides is 1. The topological polar surface area (TPSA) is 38.3 Å². The summed E-state index contributed by atoms with van der Waals surface area (Å²) >= 11 is 0. The third kappa shape index (κ3) is 3.67. The van der Waals surface area contributed by atoms with Crippen molar-refractivity contribution < 1.29 is 9.53 Å². The van der Waals surface area contributed by atoms with Gasteiger partial charge in [0.25, 0.3) is 0 Å². The van der Waals surface area contributed by atoms with Gasteiger partial charge in [-0.05, 0) is 61.6 Å². The Morgan fingerprint density at radius 2 is 1.86 bits per heavy atom. The molecule has 1 N–H and O–H groups in total. The van der Waals surface area contributed by atoms with Crippen molar-refractivity contribution in [2.75, 3.05) is 11.9 Å². The van der Waals surface area contributed by atoms with E-state index in [9.17, 15) is 4.79 Å². The zero-order chi connectivity index (χ0) is 15.4. The van der Waals surface area contributed by atoms with Crippen molar-refractivity contribution in [2.24, 2.45) is 0 Å². The SMILES string of the molecule is Cc1ccc(OCCC(=O)Nc2ccc3c(c2)CCC3)cc1. The molecular formula is C19H21NO2. The molecule has 0 bridgehead atoms. The molecule has 1 aliphatic rings. The van der Waals surface area contributed by atoms with Crippen LogP contribution in [0.3, 0.4) is 0 Å². The van der Waals surface area contributed by atoms with Gasteiger partial charge in [-0.15, -0.1) is 0 Å². The van der Waals surface area contributed by atoms with Crippen molar-refractivity contribution in [3.8, 4) is 5.75 Å². The molecule has 1 amide bonds. The summed E-state index contributed by atoms with van der Waals surface area (Å²) in [7, 11) is 0. The van der Waals surface area contributed by atoms with E-state index in [4.69, 9.17) is 4.74 Å². The third-order valence-electron chi connectivity index (χ3n) is 4.00.